The molecule has 9 aromatic carbocycles. The van der Waals surface area contributed by atoms with E-state index in [9.17, 15) is 15.8 Å². The standard InChI is InChI=1S/C64H34N8/c1-68-52-22-14-45(15-23-52)48-19-27-55-54-26-18-47(43-10-6-40(36-65)7-11-43)31-59(54)71(60(55)32-48)63-39-70-64(35-58(63)51-5-3-4-42(30-51)38-67)72-61-33-49(44-12-8-41(37-66)9-13-44)20-28-56(61)57-29-21-50(34-62(57)72)46-16-24-53(69-2)25-17-46/h3-35,39H. The first-order valence-electron chi connectivity index (χ1n) is 23.1. The van der Waals surface area contributed by atoms with Crippen LogP contribution in [0.1, 0.15) is 16.7 Å². The van der Waals surface area contributed by atoms with Crippen molar-refractivity contribution >= 4 is 55.0 Å². The summed E-state index contributed by atoms with van der Waals surface area (Å²) in [7, 11) is 0. The van der Waals surface area contributed by atoms with Gasteiger partial charge in [-0.05, 0) is 117 Å². The second-order valence-electron chi connectivity index (χ2n) is 17.5. The molecule has 0 radical (unpaired) electrons. The molecule has 0 aliphatic rings. The van der Waals surface area contributed by atoms with Crippen molar-refractivity contribution in [2.75, 3.05) is 0 Å². The van der Waals surface area contributed by atoms with Crippen LogP contribution in [0.4, 0.5) is 11.4 Å². The van der Waals surface area contributed by atoms with Crippen molar-refractivity contribution in [2.24, 2.45) is 0 Å². The van der Waals surface area contributed by atoms with E-state index in [1.54, 1.807) is 0 Å². The fourth-order valence-electron chi connectivity index (χ4n) is 9.92. The quantitative estimate of drug-likeness (QED) is 0.149. The average Bonchev–Trinajstić information content (AvgIpc) is 3.96. The van der Waals surface area contributed by atoms with Crippen LogP contribution in [0.3, 0.4) is 0 Å². The number of hydrogen-bond acceptors (Lipinski definition) is 4. The van der Waals surface area contributed by atoms with Crippen LogP contribution in [-0.2, 0) is 0 Å². The smallest absolute Gasteiger partial charge is 0.187 e. The highest BCUT2D eigenvalue weighted by atomic mass is 15.1. The van der Waals surface area contributed by atoms with Crippen LogP contribution in [0.15, 0.2) is 206 Å². The second-order valence-corrected chi connectivity index (χ2v) is 17.5. The molecule has 0 N–H and O–H groups in total. The van der Waals surface area contributed by atoms with E-state index in [4.69, 9.17) is 18.1 Å². The van der Waals surface area contributed by atoms with Gasteiger partial charge in [0.25, 0.3) is 0 Å². The van der Waals surface area contributed by atoms with Gasteiger partial charge in [-0.1, -0.05) is 133 Å². The molecule has 0 saturated carbocycles. The number of aromatic nitrogens is 3. The molecule has 330 valence electrons. The minimum Gasteiger partial charge on any atom is -0.307 e. The molecule has 0 aliphatic carbocycles. The van der Waals surface area contributed by atoms with Crippen molar-refractivity contribution in [2.45, 2.75) is 0 Å². The average molecular weight is 915 g/mol. The van der Waals surface area contributed by atoms with E-state index < -0.39 is 0 Å². The van der Waals surface area contributed by atoms with Gasteiger partial charge in [-0.2, -0.15) is 15.8 Å². The van der Waals surface area contributed by atoms with Gasteiger partial charge < -0.3 is 4.57 Å². The van der Waals surface area contributed by atoms with E-state index in [-0.39, 0.29) is 0 Å². The highest BCUT2D eigenvalue weighted by Crippen LogP contribution is 2.42. The Kier molecular flexibility index (Phi) is 10.3. The minimum atomic E-state index is 0.519. The van der Waals surface area contributed by atoms with Gasteiger partial charge in [-0.25, -0.2) is 14.7 Å². The third-order valence-electron chi connectivity index (χ3n) is 13.5. The molecule has 0 unspecified atom stereocenters. The summed E-state index contributed by atoms with van der Waals surface area (Å²) in [4.78, 5) is 12.7. The molecule has 0 bridgehead atoms. The van der Waals surface area contributed by atoms with Gasteiger partial charge in [0.2, 0.25) is 0 Å². The maximum absolute atomic E-state index is 10.3. The molecule has 0 aliphatic heterocycles. The van der Waals surface area contributed by atoms with Gasteiger partial charge in [0.15, 0.2) is 11.4 Å². The van der Waals surface area contributed by atoms with Crippen molar-refractivity contribution in [1.82, 2.24) is 14.1 Å². The second kappa shape index (κ2) is 17.4. The summed E-state index contributed by atoms with van der Waals surface area (Å²) in [6, 6.07) is 72.9. The Hall–Kier alpha value is -10.8. The highest BCUT2D eigenvalue weighted by molar-refractivity contribution is 6.13. The van der Waals surface area contributed by atoms with Gasteiger partial charge in [0.05, 0.1) is 82.0 Å². The fraction of sp³-hybridized carbons (Fsp3) is 0. The molecule has 72 heavy (non-hydrogen) atoms. The summed E-state index contributed by atoms with van der Waals surface area (Å²) in [6.07, 6.45) is 1.93. The maximum atomic E-state index is 10.3. The van der Waals surface area contributed by atoms with Crippen LogP contribution in [0.5, 0.6) is 0 Å². The van der Waals surface area contributed by atoms with Crippen molar-refractivity contribution < 1.29 is 0 Å². The molecule has 0 spiro atoms. The first kappa shape index (κ1) is 42.5. The van der Waals surface area contributed by atoms with Crippen molar-refractivity contribution in [1.29, 1.82) is 15.8 Å². The molecule has 12 rings (SSSR count). The van der Waals surface area contributed by atoms with Crippen LogP contribution in [-0.4, -0.2) is 14.1 Å². The number of hydrogen-bond donors (Lipinski definition) is 0. The van der Waals surface area contributed by atoms with E-state index in [1.807, 2.05) is 128 Å². The van der Waals surface area contributed by atoms with E-state index in [1.165, 1.54) is 0 Å². The molecule has 0 saturated heterocycles. The number of pyridine rings is 1. The van der Waals surface area contributed by atoms with Gasteiger partial charge in [-0.3, -0.25) is 4.57 Å². The zero-order valence-electron chi connectivity index (χ0n) is 38.2. The molecule has 3 heterocycles. The largest absolute Gasteiger partial charge is 0.307 e. The Morgan fingerprint density at radius 1 is 0.361 bits per heavy atom. The van der Waals surface area contributed by atoms with Crippen LogP contribution in [0, 0.1) is 47.1 Å². The van der Waals surface area contributed by atoms with Gasteiger partial charge >= 0.3 is 0 Å². The van der Waals surface area contributed by atoms with Crippen molar-refractivity contribution in [3.05, 3.63) is 246 Å². The molecule has 8 nitrogen and oxygen atoms in total. The number of fused-ring (bicyclic) bond motifs is 6. The summed E-state index contributed by atoms with van der Waals surface area (Å²) >= 11 is 0. The van der Waals surface area contributed by atoms with Gasteiger partial charge in [0.1, 0.15) is 5.82 Å². The first-order valence-corrected chi connectivity index (χ1v) is 23.1. The molecule has 0 fully saturated rings. The molecule has 12 aromatic rings. The van der Waals surface area contributed by atoms with Crippen molar-refractivity contribution in [3.63, 3.8) is 0 Å². The Bertz CT molecular complexity index is 4180. The molecular formula is C64H34N8. The number of benzene rings is 9. The minimum absolute atomic E-state index is 0.519. The zero-order chi connectivity index (χ0) is 48.9. The lowest BCUT2D eigenvalue weighted by molar-refractivity contribution is 1.06. The van der Waals surface area contributed by atoms with E-state index in [0.29, 0.717) is 33.9 Å². The Morgan fingerprint density at radius 3 is 1.12 bits per heavy atom. The topological polar surface area (TPSA) is 103 Å². The van der Waals surface area contributed by atoms with Crippen LogP contribution >= 0.6 is 0 Å². The van der Waals surface area contributed by atoms with Crippen LogP contribution in [0.2, 0.25) is 0 Å². The Balaban J connectivity index is 1.15. The summed E-state index contributed by atoms with van der Waals surface area (Å²) in [5, 5.41) is 33.6. The molecule has 0 amide bonds. The van der Waals surface area contributed by atoms with Crippen LogP contribution < -0.4 is 0 Å². The lowest BCUT2D eigenvalue weighted by Gasteiger charge is -2.17. The summed E-state index contributed by atoms with van der Waals surface area (Å²) in [5.41, 5.74) is 16.9. The van der Waals surface area contributed by atoms with E-state index in [2.05, 4.69) is 116 Å². The van der Waals surface area contributed by atoms with Gasteiger partial charge in [0, 0.05) is 27.1 Å². The normalized spacial score (nSPS) is 11.0. The SMILES string of the molecule is [C-]#[N+]c1ccc(-c2ccc3c4ccc(-c5ccc(C#N)cc5)cc4n(-c4cc(-c5cccc(C#N)c5)c(-n5c6cc(-c7ccc(C#N)cc7)ccc6c6ccc(-c7ccc([N+]#[C-])cc7)cc65)cn4)c3c2)cc1. The molecule has 3 aromatic heterocycles. The zero-order valence-corrected chi connectivity index (χ0v) is 38.2. The van der Waals surface area contributed by atoms with E-state index in [0.717, 1.165) is 105 Å². The summed E-state index contributed by atoms with van der Waals surface area (Å²) in [5.74, 6) is 0.660. The third-order valence-corrected chi connectivity index (χ3v) is 13.5. The lowest BCUT2D eigenvalue weighted by atomic mass is 10.0. The number of rotatable bonds is 7. The molecule has 8 heteroatoms. The first-order chi connectivity index (χ1) is 35.4. The lowest BCUT2D eigenvalue weighted by Crippen LogP contribution is -2.04. The fourth-order valence-corrected chi connectivity index (χ4v) is 9.92. The van der Waals surface area contributed by atoms with Crippen molar-refractivity contribution in [3.8, 4) is 85.3 Å². The summed E-state index contributed by atoms with van der Waals surface area (Å²) < 4.78 is 4.47. The van der Waals surface area contributed by atoms with Crippen LogP contribution in [0.25, 0.3) is 120 Å². The van der Waals surface area contributed by atoms with Gasteiger partial charge in [-0.15, -0.1) is 0 Å². The third kappa shape index (κ3) is 7.25. The predicted molar refractivity (Wildman–Crippen MR) is 287 cm³/mol. The summed E-state index contributed by atoms with van der Waals surface area (Å²) in [6.45, 7) is 15.1. The number of nitrogens with zero attached hydrogens (tertiary/aromatic N) is 8. The maximum Gasteiger partial charge on any atom is 0.187 e. The Labute approximate surface area is 414 Å². The highest BCUT2D eigenvalue weighted by Gasteiger charge is 2.22. The predicted octanol–water partition coefficient (Wildman–Crippen LogP) is 16.3. The van der Waals surface area contributed by atoms with E-state index >= 15 is 0 Å². The molecule has 0 atom stereocenters. The Morgan fingerprint density at radius 2 is 0.736 bits per heavy atom. The monoisotopic (exact) mass is 914 g/mol. The molecular weight excluding hydrogens is 881 g/mol. The number of nitriles is 3.